The van der Waals surface area contributed by atoms with Gasteiger partial charge in [0.15, 0.2) is 5.03 Å². The maximum Gasteiger partial charge on any atom is 0.307 e. The molecule has 26 heavy (non-hydrogen) atoms. The van der Waals surface area contributed by atoms with E-state index in [0.717, 1.165) is 32.4 Å². The highest BCUT2D eigenvalue weighted by molar-refractivity contribution is 7.89. The molecule has 2 N–H and O–H groups in total. The van der Waals surface area contributed by atoms with Gasteiger partial charge in [0.25, 0.3) is 10.0 Å². The van der Waals surface area contributed by atoms with Gasteiger partial charge >= 0.3 is 5.97 Å². The van der Waals surface area contributed by atoms with Gasteiger partial charge in [0.1, 0.15) is 0 Å². The summed E-state index contributed by atoms with van der Waals surface area (Å²) in [6, 6.07) is 2.79. The molecule has 2 fully saturated rings. The lowest BCUT2D eigenvalue weighted by Gasteiger charge is -2.42. The van der Waals surface area contributed by atoms with E-state index in [0.29, 0.717) is 12.0 Å². The average Bonchev–Trinajstić information content (AvgIpc) is 2.68. The number of hydrogen-bond acceptors (Lipinski definition) is 6. The zero-order chi connectivity index (χ0) is 18.7. The smallest absolute Gasteiger partial charge is 0.307 e. The number of aliphatic hydroxyl groups is 1. The summed E-state index contributed by atoms with van der Waals surface area (Å²) in [4.78, 5) is 17.8. The van der Waals surface area contributed by atoms with Crippen LogP contribution in [0.5, 0.6) is 0 Å². The fourth-order valence-corrected chi connectivity index (χ4v) is 5.28. The molecular weight excluding hydrogens is 358 g/mol. The average molecular weight is 383 g/mol. The Labute approximate surface area is 153 Å². The lowest BCUT2D eigenvalue weighted by molar-refractivity contribution is -0.143. The second-order valence-electron chi connectivity index (χ2n) is 7.00. The van der Waals surface area contributed by atoms with Crippen molar-refractivity contribution >= 4 is 16.0 Å². The minimum atomic E-state index is -3.91. The lowest BCUT2D eigenvalue weighted by atomic mass is 9.93. The Bertz CT molecular complexity index is 749. The minimum Gasteiger partial charge on any atom is -0.481 e. The molecule has 8 nitrogen and oxygen atoms in total. The van der Waals surface area contributed by atoms with Gasteiger partial charge in [-0.1, -0.05) is 6.42 Å². The van der Waals surface area contributed by atoms with E-state index in [1.165, 1.54) is 16.6 Å². The van der Waals surface area contributed by atoms with Crippen LogP contribution in [-0.2, 0) is 21.4 Å². The number of hydrogen-bond donors (Lipinski definition) is 2. The van der Waals surface area contributed by atoms with E-state index in [2.05, 4.69) is 9.88 Å². The van der Waals surface area contributed by atoms with Gasteiger partial charge < -0.3 is 10.2 Å². The van der Waals surface area contributed by atoms with E-state index in [1.54, 1.807) is 6.07 Å². The summed E-state index contributed by atoms with van der Waals surface area (Å²) in [7, 11) is -3.91. The second-order valence-corrected chi connectivity index (χ2v) is 8.89. The normalized spacial score (nSPS) is 25.9. The summed E-state index contributed by atoms with van der Waals surface area (Å²) in [6.07, 6.45) is 5.08. The Morgan fingerprint density at radius 2 is 1.96 bits per heavy atom. The number of aliphatic hydroxyl groups excluding tert-OH is 1. The monoisotopic (exact) mass is 383 g/mol. The highest BCUT2D eigenvalue weighted by Gasteiger charge is 2.40. The summed E-state index contributed by atoms with van der Waals surface area (Å²) in [5, 5.41) is 18.6. The fourth-order valence-electron chi connectivity index (χ4n) is 3.78. The molecule has 1 aromatic rings. The molecule has 0 radical (unpaired) electrons. The molecule has 0 bridgehead atoms. The Kier molecular flexibility index (Phi) is 5.91. The number of rotatable bonds is 5. The van der Waals surface area contributed by atoms with Crippen LogP contribution in [0, 0.1) is 5.92 Å². The number of nitrogens with zero attached hydrogens (tertiary/aromatic N) is 3. The number of carboxylic acids is 1. The van der Waals surface area contributed by atoms with Gasteiger partial charge in [-0.25, -0.2) is 13.4 Å². The number of aromatic nitrogens is 1. The first kappa shape index (κ1) is 19.2. The Morgan fingerprint density at radius 1 is 1.23 bits per heavy atom. The molecule has 0 aliphatic carbocycles. The number of likely N-dealkylation sites (tertiary alicyclic amines) is 1. The maximum absolute atomic E-state index is 13.0. The van der Waals surface area contributed by atoms with E-state index < -0.39 is 21.9 Å². The van der Waals surface area contributed by atoms with Crippen molar-refractivity contribution in [2.45, 2.75) is 43.4 Å². The summed E-state index contributed by atoms with van der Waals surface area (Å²) < 4.78 is 27.3. The number of piperidine rings is 2. The highest BCUT2D eigenvalue weighted by atomic mass is 32.2. The number of sulfonamides is 1. The van der Waals surface area contributed by atoms with Crippen molar-refractivity contribution in [3.05, 3.63) is 23.9 Å². The van der Waals surface area contributed by atoms with Gasteiger partial charge in [0.2, 0.25) is 0 Å². The second kappa shape index (κ2) is 7.99. The van der Waals surface area contributed by atoms with E-state index >= 15 is 0 Å². The van der Waals surface area contributed by atoms with Crippen LogP contribution in [0.15, 0.2) is 23.4 Å². The van der Waals surface area contributed by atoms with Gasteiger partial charge in [-0.2, -0.15) is 4.31 Å². The fraction of sp³-hybridized carbons (Fsp3) is 0.647. The first-order valence-electron chi connectivity index (χ1n) is 8.94. The molecule has 9 heteroatoms. The van der Waals surface area contributed by atoms with Crippen LogP contribution >= 0.6 is 0 Å². The SMILES string of the molecule is O=C(O)[C@H]1C[C@@H](N2CCCCC2)CN(S(=O)(=O)c2cc(CO)ccn2)C1. The van der Waals surface area contributed by atoms with Gasteiger partial charge in [0.05, 0.1) is 12.5 Å². The van der Waals surface area contributed by atoms with Crippen LogP contribution in [0.1, 0.15) is 31.2 Å². The molecule has 1 aromatic heterocycles. The van der Waals surface area contributed by atoms with Crippen LogP contribution in [0.25, 0.3) is 0 Å². The summed E-state index contributed by atoms with van der Waals surface area (Å²) in [5.41, 5.74) is 0.456. The molecule has 0 saturated carbocycles. The molecule has 2 aliphatic heterocycles. The summed E-state index contributed by atoms with van der Waals surface area (Å²) in [6.45, 7) is 1.70. The van der Waals surface area contributed by atoms with Crippen LogP contribution in [0.3, 0.4) is 0 Å². The molecule has 2 saturated heterocycles. The maximum atomic E-state index is 13.0. The van der Waals surface area contributed by atoms with Crippen LogP contribution in [-0.4, -0.2) is 71.0 Å². The van der Waals surface area contributed by atoms with Crippen LogP contribution < -0.4 is 0 Å². The third kappa shape index (κ3) is 4.06. The predicted octanol–water partition coefficient (Wildman–Crippen LogP) is 0.524. The Hall–Kier alpha value is -1.55. The molecule has 3 heterocycles. The third-order valence-electron chi connectivity index (χ3n) is 5.24. The lowest BCUT2D eigenvalue weighted by Crippen LogP contribution is -2.55. The van der Waals surface area contributed by atoms with Crippen molar-refractivity contribution in [1.82, 2.24) is 14.2 Å². The standard InChI is InChI=1S/C17H25N3O5S/c21-12-13-4-5-18-16(8-13)26(24,25)20-10-14(17(22)23)9-15(11-20)19-6-2-1-3-7-19/h4-5,8,14-15,21H,1-3,6-7,9-12H2,(H,22,23)/t14-,15+/m0/s1. The topological polar surface area (TPSA) is 111 Å². The van der Waals surface area contributed by atoms with E-state index in [9.17, 15) is 23.4 Å². The Morgan fingerprint density at radius 3 is 2.62 bits per heavy atom. The molecule has 0 spiro atoms. The molecule has 3 rings (SSSR count). The Balaban J connectivity index is 1.87. The molecule has 0 aromatic carbocycles. The molecule has 2 aliphatic rings. The van der Waals surface area contributed by atoms with Crippen molar-refractivity contribution in [3.63, 3.8) is 0 Å². The van der Waals surface area contributed by atoms with Crippen LogP contribution in [0.2, 0.25) is 0 Å². The zero-order valence-electron chi connectivity index (χ0n) is 14.6. The summed E-state index contributed by atoms with van der Waals surface area (Å²) >= 11 is 0. The first-order valence-corrected chi connectivity index (χ1v) is 10.4. The summed E-state index contributed by atoms with van der Waals surface area (Å²) in [5.74, 6) is -1.70. The number of aliphatic carboxylic acids is 1. The quantitative estimate of drug-likeness (QED) is 0.763. The largest absolute Gasteiger partial charge is 0.481 e. The van der Waals surface area contributed by atoms with Crippen molar-refractivity contribution < 1.29 is 23.4 Å². The van der Waals surface area contributed by atoms with E-state index in [4.69, 9.17) is 0 Å². The molecule has 0 unspecified atom stereocenters. The van der Waals surface area contributed by atoms with Crippen molar-refractivity contribution in [2.75, 3.05) is 26.2 Å². The van der Waals surface area contributed by atoms with Crippen LogP contribution in [0.4, 0.5) is 0 Å². The number of carboxylic acid groups (broad SMARTS) is 1. The van der Waals surface area contributed by atoms with Gasteiger partial charge in [-0.15, -0.1) is 0 Å². The minimum absolute atomic E-state index is 0.0486. The van der Waals surface area contributed by atoms with Gasteiger partial charge in [-0.05, 0) is 50.0 Å². The molecule has 2 atom stereocenters. The predicted molar refractivity (Wildman–Crippen MR) is 93.9 cm³/mol. The zero-order valence-corrected chi connectivity index (χ0v) is 15.4. The highest BCUT2D eigenvalue weighted by Crippen LogP contribution is 2.28. The third-order valence-corrected chi connectivity index (χ3v) is 6.97. The van der Waals surface area contributed by atoms with Gasteiger partial charge in [0, 0.05) is 25.3 Å². The van der Waals surface area contributed by atoms with E-state index in [-0.39, 0.29) is 30.8 Å². The van der Waals surface area contributed by atoms with Gasteiger partial charge in [-0.3, -0.25) is 9.69 Å². The molecule has 0 amide bonds. The first-order chi connectivity index (χ1) is 12.4. The van der Waals surface area contributed by atoms with Crippen molar-refractivity contribution in [2.24, 2.45) is 5.92 Å². The number of pyridine rings is 1. The van der Waals surface area contributed by atoms with Crippen molar-refractivity contribution in [3.8, 4) is 0 Å². The van der Waals surface area contributed by atoms with Crippen molar-refractivity contribution in [1.29, 1.82) is 0 Å². The molecular formula is C17H25N3O5S. The van der Waals surface area contributed by atoms with E-state index in [1.807, 2.05) is 0 Å². The molecule has 144 valence electrons. The number of carbonyl (C=O) groups is 1.